The number of halogens is 1. The molecule has 3 rings (SSSR count). The van der Waals surface area contributed by atoms with Crippen LogP contribution in [-0.2, 0) is 6.42 Å². The van der Waals surface area contributed by atoms with E-state index in [1.54, 1.807) is 0 Å². The molecule has 4 amide bonds. The van der Waals surface area contributed by atoms with Gasteiger partial charge in [0, 0.05) is 22.9 Å². The molecule has 0 atom stereocenters. The molecule has 0 fully saturated rings. The van der Waals surface area contributed by atoms with Crippen molar-refractivity contribution in [3.05, 3.63) is 94.5 Å². The number of urea groups is 2. The van der Waals surface area contributed by atoms with E-state index < -0.39 is 18.4 Å². The highest BCUT2D eigenvalue weighted by Gasteiger charge is 2.15. The average molecular weight is 466 g/mol. The van der Waals surface area contributed by atoms with Gasteiger partial charge in [-0.3, -0.25) is 5.32 Å². The molecule has 0 aliphatic carbocycles. The van der Waals surface area contributed by atoms with E-state index in [1.165, 1.54) is 0 Å². The molecule has 172 valence electrons. The number of carbonyl (C=O) groups excluding carboxylic acids is 2. The maximum Gasteiger partial charge on any atom is 0.321 e. The second kappa shape index (κ2) is 11.9. The van der Waals surface area contributed by atoms with Crippen LogP contribution in [0.1, 0.15) is 16.7 Å². The molecule has 0 radical (unpaired) electrons. The lowest BCUT2D eigenvalue weighted by Gasteiger charge is -2.22. The van der Waals surface area contributed by atoms with Gasteiger partial charge in [-0.2, -0.15) is 0 Å². The minimum atomic E-state index is -0.798. The quantitative estimate of drug-likeness (QED) is 0.302. The molecule has 3 aromatic rings. The summed E-state index contributed by atoms with van der Waals surface area (Å²) in [5, 5.41) is 14.9. The van der Waals surface area contributed by atoms with Crippen molar-refractivity contribution in [1.82, 2.24) is 16.0 Å². The first kappa shape index (κ1) is 24.1. The van der Waals surface area contributed by atoms with E-state index in [4.69, 9.17) is 11.6 Å². The van der Waals surface area contributed by atoms with E-state index in [1.807, 2.05) is 86.6 Å². The number of anilines is 2. The number of hydrogen-bond acceptors (Lipinski definition) is 3. The summed E-state index contributed by atoms with van der Waals surface area (Å²) in [6.45, 7) is 4.46. The summed E-state index contributed by atoms with van der Waals surface area (Å²) in [4.78, 5) is 25.0. The minimum absolute atomic E-state index is 0.446. The zero-order valence-corrected chi connectivity index (χ0v) is 19.4. The second-order valence-electron chi connectivity index (χ2n) is 7.69. The monoisotopic (exact) mass is 465 g/mol. The Balaban J connectivity index is 1.58. The second-order valence-corrected chi connectivity index (χ2v) is 8.13. The van der Waals surface area contributed by atoms with Gasteiger partial charge in [0.2, 0.25) is 0 Å². The molecule has 3 aromatic carbocycles. The SMILES string of the molecule is Cc1ccc(NC(=O)NC(NCCc2ccc(Cl)cc2)NC(=O)Nc2ccc(C)cc2)cc1. The van der Waals surface area contributed by atoms with Gasteiger partial charge >= 0.3 is 12.1 Å². The first-order valence-electron chi connectivity index (χ1n) is 10.6. The summed E-state index contributed by atoms with van der Waals surface area (Å²) in [7, 11) is 0. The summed E-state index contributed by atoms with van der Waals surface area (Å²) in [6.07, 6.45) is -0.107. The molecular weight excluding hydrogens is 438 g/mol. The topological polar surface area (TPSA) is 94.3 Å². The van der Waals surface area contributed by atoms with Crippen LogP contribution in [-0.4, -0.2) is 24.9 Å². The fraction of sp³-hybridized carbons (Fsp3) is 0.200. The molecule has 33 heavy (non-hydrogen) atoms. The number of rotatable bonds is 8. The number of carbonyl (C=O) groups is 2. The molecule has 0 unspecified atom stereocenters. The molecule has 0 heterocycles. The Kier molecular flexibility index (Phi) is 8.69. The third kappa shape index (κ3) is 8.48. The largest absolute Gasteiger partial charge is 0.321 e. The van der Waals surface area contributed by atoms with Crippen LogP contribution >= 0.6 is 11.6 Å². The summed E-state index contributed by atoms with van der Waals surface area (Å²) >= 11 is 5.94. The number of amides is 4. The van der Waals surface area contributed by atoms with Crippen molar-refractivity contribution in [2.75, 3.05) is 17.2 Å². The van der Waals surface area contributed by atoms with Crippen LogP contribution in [0.15, 0.2) is 72.8 Å². The molecule has 0 aromatic heterocycles. The number of benzene rings is 3. The van der Waals surface area contributed by atoms with Crippen LogP contribution in [0.2, 0.25) is 5.02 Å². The van der Waals surface area contributed by atoms with Gasteiger partial charge in [-0.1, -0.05) is 59.1 Å². The fourth-order valence-corrected chi connectivity index (χ4v) is 3.15. The van der Waals surface area contributed by atoms with Gasteiger partial charge in [-0.25, -0.2) is 9.59 Å². The van der Waals surface area contributed by atoms with Gasteiger partial charge in [-0.05, 0) is 62.2 Å². The van der Waals surface area contributed by atoms with Crippen molar-refractivity contribution in [2.45, 2.75) is 26.6 Å². The van der Waals surface area contributed by atoms with Crippen LogP contribution in [0.25, 0.3) is 0 Å². The lowest BCUT2D eigenvalue weighted by Crippen LogP contribution is -2.58. The molecule has 0 spiro atoms. The summed E-state index contributed by atoms with van der Waals surface area (Å²) < 4.78 is 0. The minimum Gasteiger partial charge on any atom is -0.308 e. The molecule has 0 saturated carbocycles. The van der Waals surface area contributed by atoms with Crippen molar-refractivity contribution in [1.29, 1.82) is 0 Å². The zero-order chi connectivity index (χ0) is 23.6. The Morgan fingerprint density at radius 3 is 1.64 bits per heavy atom. The molecule has 0 saturated heterocycles. The predicted molar refractivity (Wildman–Crippen MR) is 134 cm³/mol. The van der Waals surface area contributed by atoms with Crippen molar-refractivity contribution in [3.8, 4) is 0 Å². The van der Waals surface area contributed by atoms with Crippen molar-refractivity contribution in [2.24, 2.45) is 0 Å². The van der Waals surface area contributed by atoms with Crippen LogP contribution in [0.3, 0.4) is 0 Å². The van der Waals surface area contributed by atoms with Crippen LogP contribution in [0.4, 0.5) is 21.0 Å². The Bertz CT molecular complexity index is 992. The van der Waals surface area contributed by atoms with Gasteiger partial charge in [0.1, 0.15) is 0 Å². The maximum atomic E-state index is 12.5. The highest BCUT2D eigenvalue weighted by molar-refractivity contribution is 6.30. The molecule has 8 heteroatoms. The van der Waals surface area contributed by atoms with Gasteiger partial charge in [-0.15, -0.1) is 0 Å². The highest BCUT2D eigenvalue weighted by Crippen LogP contribution is 2.10. The summed E-state index contributed by atoms with van der Waals surface area (Å²) in [6, 6.07) is 21.5. The van der Waals surface area contributed by atoms with E-state index in [-0.39, 0.29) is 0 Å². The van der Waals surface area contributed by atoms with Crippen molar-refractivity contribution < 1.29 is 9.59 Å². The number of hydrogen-bond donors (Lipinski definition) is 5. The van der Waals surface area contributed by atoms with E-state index in [0.717, 1.165) is 16.7 Å². The van der Waals surface area contributed by atoms with Gasteiger partial charge in [0.25, 0.3) is 0 Å². The average Bonchev–Trinajstić information content (AvgIpc) is 2.78. The van der Waals surface area contributed by atoms with Gasteiger partial charge in [0.05, 0.1) is 0 Å². The summed E-state index contributed by atoms with van der Waals surface area (Å²) in [5.41, 5.74) is 4.58. The molecule has 7 nitrogen and oxygen atoms in total. The van der Waals surface area contributed by atoms with E-state index in [2.05, 4.69) is 26.6 Å². The Morgan fingerprint density at radius 1 is 0.727 bits per heavy atom. The Hall–Kier alpha value is -3.55. The van der Waals surface area contributed by atoms with Gasteiger partial charge in [0.15, 0.2) is 6.29 Å². The first-order chi connectivity index (χ1) is 15.9. The molecule has 0 aliphatic rings. The van der Waals surface area contributed by atoms with Gasteiger partial charge < -0.3 is 21.3 Å². The predicted octanol–water partition coefficient (Wildman–Crippen LogP) is 5.02. The number of aryl methyl sites for hydroxylation is 2. The van der Waals surface area contributed by atoms with Crippen LogP contribution < -0.4 is 26.6 Å². The molecule has 5 N–H and O–H groups in total. The summed E-state index contributed by atoms with van der Waals surface area (Å²) in [5.74, 6) is 0. The molecule has 0 bridgehead atoms. The number of nitrogens with one attached hydrogen (secondary N) is 5. The van der Waals surface area contributed by atoms with Crippen LogP contribution in [0.5, 0.6) is 0 Å². The fourth-order valence-electron chi connectivity index (χ4n) is 3.02. The first-order valence-corrected chi connectivity index (χ1v) is 11.0. The van der Waals surface area contributed by atoms with E-state index >= 15 is 0 Å². The van der Waals surface area contributed by atoms with E-state index in [0.29, 0.717) is 29.4 Å². The lowest BCUT2D eigenvalue weighted by molar-refractivity contribution is 0.233. The smallest absolute Gasteiger partial charge is 0.308 e. The Morgan fingerprint density at radius 2 is 1.18 bits per heavy atom. The third-order valence-electron chi connectivity index (χ3n) is 4.85. The third-order valence-corrected chi connectivity index (χ3v) is 5.10. The zero-order valence-electron chi connectivity index (χ0n) is 18.6. The van der Waals surface area contributed by atoms with Crippen molar-refractivity contribution >= 4 is 35.0 Å². The Labute approximate surface area is 198 Å². The van der Waals surface area contributed by atoms with Crippen LogP contribution in [0, 0.1) is 13.8 Å². The maximum absolute atomic E-state index is 12.5. The normalized spacial score (nSPS) is 10.5. The highest BCUT2D eigenvalue weighted by atomic mass is 35.5. The standard InChI is InChI=1S/C25H28ClN5O2/c1-17-3-11-21(12-4-17)28-24(32)30-23(27-16-15-19-7-9-20(26)10-8-19)31-25(33)29-22-13-5-18(2)6-14-22/h3-14,23,27H,15-16H2,1-2H3,(H2,28,30,32)(H2,29,31,33). The van der Waals surface area contributed by atoms with Crippen molar-refractivity contribution in [3.63, 3.8) is 0 Å². The van der Waals surface area contributed by atoms with E-state index in [9.17, 15) is 9.59 Å². The lowest BCUT2D eigenvalue weighted by atomic mass is 10.1. The molecule has 0 aliphatic heterocycles. The molecular formula is C25H28ClN5O2.